The van der Waals surface area contributed by atoms with Gasteiger partial charge in [0, 0.05) is 20.3 Å². The first-order valence-electron chi connectivity index (χ1n) is 7.84. The number of nitrogens with zero attached hydrogens (tertiary/aromatic N) is 4. The Morgan fingerprint density at radius 2 is 2.04 bits per heavy atom. The van der Waals surface area contributed by atoms with Gasteiger partial charge >= 0.3 is 5.97 Å². The van der Waals surface area contributed by atoms with Gasteiger partial charge in [0.25, 0.3) is 0 Å². The van der Waals surface area contributed by atoms with Crippen molar-refractivity contribution in [3.63, 3.8) is 0 Å². The zero-order valence-corrected chi connectivity index (χ0v) is 14.1. The van der Waals surface area contributed by atoms with Crippen LogP contribution < -0.4 is 4.90 Å². The molecule has 0 saturated carbocycles. The van der Waals surface area contributed by atoms with Crippen LogP contribution >= 0.6 is 0 Å². The van der Waals surface area contributed by atoms with Gasteiger partial charge in [-0.05, 0) is 31.2 Å². The predicted molar refractivity (Wildman–Crippen MR) is 93.0 cm³/mol. The highest BCUT2D eigenvalue weighted by Crippen LogP contribution is 2.18. The van der Waals surface area contributed by atoms with Crippen molar-refractivity contribution in [2.24, 2.45) is 7.05 Å². The monoisotopic (exact) mass is 324 g/mol. The predicted octanol–water partition coefficient (Wildman–Crippen LogP) is 2.78. The van der Waals surface area contributed by atoms with E-state index < -0.39 is 0 Å². The number of anilines is 1. The summed E-state index contributed by atoms with van der Waals surface area (Å²) in [5.74, 6) is 1.37. The molecular weight excluding hydrogens is 304 g/mol. The van der Waals surface area contributed by atoms with Gasteiger partial charge in [0.1, 0.15) is 11.6 Å². The molecule has 0 bridgehead atoms. The summed E-state index contributed by atoms with van der Waals surface area (Å²) in [5.41, 5.74) is 2.54. The normalized spacial score (nSPS) is 10.8. The lowest BCUT2D eigenvalue weighted by Gasteiger charge is -2.18. The summed E-state index contributed by atoms with van der Waals surface area (Å²) >= 11 is 0. The third-order valence-corrected chi connectivity index (χ3v) is 3.91. The molecule has 2 aromatic heterocycles. The Labute approximate surface area is 140 Å². The van der Waals surface area contributed by atoms with E-state index in [2.05, 4.69) is 20.6 Å². The number of esters is 1. The number of carbonyl (C=O) groups is 1. The van der Waals surface area contributed by atoms with Gasteiger partial charge in [-0.2, -0.15) is 0 Å². The van der Waals surface area contributed by atoms with Crippen molar-refractivity contribution < 1.29 is 9.53 Å². The number of fused-ring (bicyclic) bond motifs is 1. The SMILES string of the molecule is CCOC(=O)c1ccc(N(C)Cc2nc3ccccc3n2C)nc1. The topological polar surface area (TPSA) is 60.2 Å². The molecule has 0 unspecified atom stereocenters. The smallest absolute Gasteiger partial charge is 0.339 e. The summed E-state index contributed by atoms with van der Waals surface area (Å²) in [6, 6.07) is 11.6. The maximum atomic E-state index is 11.7. The second kappa shape index (κ2) is 6.70. The number of pyridine rings is 1. The molecule has 0 atom stereocenters. The molecule has 3 aromatic rings. The fourth-order valence-electron chi connectivity index (χ4n) is 2.58. The number of imidazole rings is 1. The van der Waals surface area contributed by atoms with E-state index in [0.29, 0.717) is 18.7 Å². The van der Waals surface area contributed by atoms with Gasteiger partial charge < -0.3 is 14.2 Å². The molecule has 0 N–H and O–H groups in total. The first-order chi connectivity index (χ1) is 11.6. The molecule has 3 rings (SSSR count). The number of hydrogen-bond acceptors (Lipinski definition) is 5. The third kappa shape index (κ3) is 3.08. The van der Waals surface area contributed by atoms with E-state index in [-0.39, 0.29) is 5.97 Å². The van der Waals surface area contributed by atoms with Gasteiger partial charge in [-0.3, -0.25) is 0 Å². The molecule has 0 fully saturated rings. The van der Waals surface area contributed by atoms with Gasteiger partial charge in [0.2, 0.25) is 0 Å². The average Bonchev–Trinajstić information content (AvgIpc) is 2.91. The minimum Gasteiger partial charge on any atom is -0.462 e. The fraction of sp³-hybridized carbons (Fsp3) is 0.278. The van der Waals surface area contributed by atoms with E-state index in [9.17, 15) is 4.79 Å². The van der Waals surface area contributed by atoms with Crippen LogP contribution in [0.25, 0.3) is 11.0 Å². The van der Waals surface area contributed by atoms with Crippen molar-refractivity contribution in [1.29, 1.82) is 0 Å². The summed E-state index contributed by atoms with van der Waals surface area (Å²) in [6.07, 6.45) is 1.54. The highest BCUT2D eigenvalue weighted by atomic mass is 16.5. The Morgan fingerprint density at radius 1 is 1.25 bits per heavy atom. The number of rotatable bonds is 5. The van der Waals surface area contributed by atoms with Crippen LogP contribution in [0, 0.1) is 0 Å². The molecule has 1 aromatic carbocycles. The summed E-state index contributed by atoms with van der Waals surface area (Å²) in [6.45, 7) is 2.76. The van der Waals surface area contributed by atoms with Crippen LogP contribution in [-0.2, 0) is 18.3 Å². The van der Waals surface area contributed by atoms with Crippen LogP contribution in [0.15, 0.2) is 42.6 Å². The number of para-hydroxylation sites is 2. The van der Waals surface area contributed by atoms with Gasteiger partial charge in [0.05, 0.1) is 29.7 Å². The number of aromatic nitrogens is 3. The Balaban J connectivity index is 1.77. The fourth-order valence-corrected chi connectivity index (χ4v) is 2.58. The largest absolute Gasteiger partial charge is 0.462 e. The van der Waals surface area contributed by atoms with E-state index in [1.165, 1.54) is 0 Å². The number of benzene rings is 1. The molecule has 0 aliphatic carbocycles. The molecule has 24 heavy (non-hydrogen) atoms. The van der Waals surface area contributed by atoms with E-state index in [0.717, 1.165) is 22.7 Å². The standard InChI is InChI=1S/C18H20N4O2/c1-4-24-18(23)13-9-10-16(19-11-13)21(2)12-17-20-14-7-5-6-8-15(14)22(17)3/h5-11H,4,12H2,1-3H3. The number of carbonyl (C=O) groups excluding carboxylic acids is 1. The lowest BCUT2D eigenvalue weighted by atomic mass is 10.3. The average molecular weight is 324 g/mol. The van der Waals surface area contributed by atoms with Crippen LogP contribution in [0.4, 0.5) is 5.82 Å². The number of aryl methyl sites for hydroxylation is 1. The second-order valence-corrected chi connectivity index (χ2v) is 5.56. The molecule has 0 radical (unpaired) electrons. The maximum Gasteiger partial charge on any atom is 0.339 e. The highest BCUT2D eigenvalue weighted by molar-refractivity contribution is 5.89. The summed E-state index contributed by atoms with van der Waals surface area (Å²) in [5, 5.41) is 0. The quantitative estimate of drug-likeness (QED) is 0.675. The van der Waals surface area contributed by atoms with E-state index in [4.69, 9.17) is 4.74 Å². The second-order valence-electron chi connectivity index (χ2n) is 5.56. The van der Waals surface area contributed by atoms with Crippen LogP contribution in [0.3, 0.4) is 0 Å². The number of ether oxygens (including phenoxy) is 1. The van der Waals surface area contributed by atoms with Gasteiger partial charge in [-0.25, -0.2) is 14.8 Å². The first kappa shape index (κ1) is 16.0. The van der Waals surface area contributed by atoms with Crippen LogP contribution in [0.5, 0.6) is 0 Å². The molecule has 6 nitrogen and oxygen atoms in total. The van der Waals surface area contributed by atoms with Crippen molar-refractivity contribution in [1.82, 2.24) is 14.5 Å². The van der Waals surface area contributed by atoms with Gasteiger partial charge in [-0.1, -0.05) is 12.1 Å². The summed E-state index contributed by atoms with van der Waals surface area (Å²) < 4.78 is 7.05. The van der Waals surface area contributed by atoms with Crippen molar-refractivity contribution in [3.8, 4) is 0 Å². The number of hydrogen-bond donors (Lipinski definition) is 0. The minimum absolute atomic E-state index is 0.352. The van der Waals surface area contributed by atoms with E-state index in [1.807, 2.05) is 43.3 Å². The molecule has 124 valence electrons. The van der Waals surface area contributed by atoms with Crippen molar-refractivity contribution in [2.75, 3.05) is 18.6 Å². The van der Waals surface area contributed by atoms with E-state index >= 15 is 0 Å². The molecule has 0 amide bonds. The molecule has 2 heterocycles. The van der Waals surface area contributed by atoms with Crippen LogP contribution in [0.1, 0.15) is 23.1 Å². The van der Waals surface area contributed by atoms with Crippen molar-refractivity contribution in [2.45, 2.75) is 13.5 Å². The zero-order valence-electron chi connectivity index (χ0n) is 14.1. The van der Waals surface area contributed by atoms with Crippen molar-refractivity contribution in [3.05, 3.63) is 54.0 Å². The first-order valence-corrected chi connectivity index (χ1v) is 7.84. The summed E-state index contributed by atoms with van der Waals surface area (Å²) in [7, 11) is 3.96. The van der Waals surface area contributed by atoms with Gasteiger partial charge in [-0.15, -0.1) is 0 Å². The zero-order chi connectivity index (χ0) is 17.1. The summed E-state index contributed by atoms with van der Waals surface area (Å²) in [4.78, 5) is 22.7. The Morgan fingerprint density at radius 3 is 2.71 bits per heavy atom. The van der Waals surface area contributed by atoms with Crippen LogP contribution in [-0.4, -0.2) is 34.2 Å². The van der Waals surface area contributed by atoms with E-state index in [1.54, 1.807) is 19.2 Å². The Bertz CT molecular complexity index is 855. The highest BCUT2D eigenvalue weighted by Gasteiger charge is 2.12. The maximum absolute atomic E-state index is 11.7. The molecule has 0 aliphatic rings. The molecule has 6 heteroatoms. The minimum atomic E-state index is -0.352. The third-order valence-electron chi connectivity index (χ3n) is 3.91. The van der Waals surface area contributed by atoms with Crippen molar-refractivity contribution >= 4 is 22.8 Å². The Kier molecular flexibility index (Phi) is 4.46. The molecule has 0 spiro atoms. The molecular formula is C18H20N4O2. The van der Waals surface area contributed by atoms with Crippen LogP contribution in [0.2, 0.25) is 0 Å². The molecule has 0 aliphatic heterocycles. The lowest BCUT2D eigenvalue weighted by molar-refractivity contribution is 0.0526. The Hall–Kier alpha value is -2.89. The van der Waals surface area contributed by atoms with Gasteiger partial charge in [0.15, 0.2) is 0 Å². The molecule has 0 saturated heterocycles. The lowest BCUT2D eigenvalue weighted by Crippen LogP contribution is -2.20.